The Bertz CT molecular complexity index is 633. The Morgan fingerprint density at radius 3 is 2.85 bits per heavy atom. The Hall–Kier alpha value is -2.64. The van der Waals surface area contributed by atoms with Crippen LogP contribution in [0.25, 0.3) is 0 Å². The molecule has 2 rings (SSSR count). The maximum absolute atomic E-state index is 12.4. The Morgan fingerprint density at radius 1 is 1.35 bits per heavy atom. The number of amides is 3. The number of hydrogen-bond acceptors (Lipinski definition) is 5. The number of likely N-dealkylation sites (tertiary alicyclic amines) is 1. The number of ether oxygens (including phenoxy) is 1. The monoisotopic (exact) mass is 362 g/mol. The van der Waals surface area contributed by atoms with Crippen LogP contribution in [0.4, 0.5) is 10.6 Å². The van der Waals surface area contributed by atoms with Gasteiger partial charge < -0.3 is 20.3 Å². The minimum atomic E-state index is -0.526. The van der Waals surface area contributed by atoms with Crippen LogP contribution in [0.15, 0.2) is 18.3 Å². The van der Waals surface area contributed by atoms with E-state index in [1.54, 1.807) is 24.1 Å². The van der Waals surface area contributed by atoms with E-state index in [2.05, 4.69) is 15.6 Å². The molecule has 3 amide bonds. The zero-order valence-corrected chi connectivity index (χ0v) is 15.3. The number of nitrogens with zero attached hydrogens (tertiary/aromatic N) is 2. The molecule has 0 unspecified atom stereocenters. The van der Waals surface area contributed by atoms with Crippen molar-refractivity contribution in [3.8, 4) is 0 Å². The number of rotatable bonds is 6. The highest BCUT2D eigenvalue weighted by Gasteiger charge is 2.28. The molecule has 2 N–H and O–H groups in total. The minimum Gasteiger partial charge on any atom is -0.450 e. The number of nitrogens with one attached hydrogen (secondary N) is 2. The van der Waals surface area contributed by atoms with Crippen molar-refractivity contribution < 1.29 is 19.1 Å². The van der Waals surface area contributed by atoms with Gasteiger partial charge in [-0.15, -0.1) is 0 Å². The molecule has 2 heterocycles. The van der Waals surface area contributed by atoms with Gasteiger partial charge in [0.25, 0.3) is 0 Å². The largest absolute Gasteiger partial charge is 0.450 e. The summed E-state index contributed by atoms with van der Waals surface area (Å²) in [7, 11) is 0. The van der Waals surface area contributed by atoms with Gasteiger partial charge in [-0.3, -0.25) is 9.59 Å². The van der Waals surface area contributed by atoms with Crippen LogP contribution in [-0.4, -0.2) is 54.0 Å². The van der Waals surface area contributed by atoms with E-state index in [-0.39, 0.29) is 30.7 Å². The Labute approximate surface area is 153 Å². The van der Waals surface area contributed by atoms with Crippen molar-refractivity contribution in [3.05, 3.63) is 23.9 Å². The number of anilines is 1. The van der Waals surface area contributed by atoms with Crippen LogP contribution in [0.5, 0.6) is 0 Å². The third-order valence-electron chi connectivity index (χ3n) is 4.19. The SMILES string of the molecule is CCOC(=O)NCCC(=O)N1CCC[C@@H](C(=O)Nc2ccc(C)cn2)C1. The van der Waals surface area contributed by atoms with Crippen LogP contribution in [0.3, 0.4) is 0 Å². The number of pyridine rings is 1. The molecule has 0 radical (unpaired) electrons. The lowest BCUT2D eigenvalue weighted by atomic mass is 9.97. The van der Waals surface area contributed by atoms with E-state index in [0.717, 1.165) is 18.4 Å². The second-order valence-electron chi connectivity index (χ2n) is 6.29. The fourth-order valence-electron chi connectivity index (χ4n) is 2.80. The van der Waals surface area contributed by atoms with E-state index in [4.69, 9.17) is 4.74 Å². The summed E-state index contributed by atoms with van der Waals surface area (Å²) >= 11 is 0. The van der Waals surface area contributed by atoms with Crippen LogP contribution in [0.2, 0.25) is 0 Å². The number of carbonyl (C=O) groups is 3. The van der Waals surface area contributed by atoms with Gasteiger partial charge in [-0.2, -0.15) is 0 Å². The molecule has 1 fully saturated rings. The minimum absolute atomic E-state index is 0.0761. The molecule has 8 heteroatoms. The molecule has 1 aromatic rings. The van der Waals surface area contributed by atoms with E-state index >= 15 is 0 Å². The normalized spacial score (nSPS) is 16.7. The summed E-state index contributed by atoms with van der Waals surface area (Å²) in [5.41, 5.74) is 1.02. The smallest absolute Gasteiger partial charge is 0.407 e. The lowest BCUT2D eigenvalue weighted by Crippen LogP contribution is -2.44. The molecule has 8 nitrogen and oxygen atoms in total. The summed E-state index contributed by atoms with van der Waals surface area (Å²) in [6.07, 6.45) is 2.87. The Morgan fingerprint density at radius 2 is 2.15 bits per heavy atom. The van der Waals surface area contributed by atoms with E-state index in [9.17, 15) is 14.4 Å². The molecule has 1 aromatic heterocycles. The molecule has 0 saturated carbocycles. The second kappa shape index (κ2) is 9.74. The predicted molar refractivity (Wildman–Crippen MR) is 96.5 cm³/mol. The lowest BCUT2D eigenvalue weighted by Gasteiger charge is -2.32. The van der Waals surface area contributed by atoms with E-state index in [1.807, 2.05) is 13.0 Å². The zero-order chi connectivity index (χ0) is 18.9. The molecular formula is C18H26N4O4. The lowest BCUT2D eigenvalue weighted by molar-refractivity contribution is -0.134. The summed E-state index contributed by atoms with van der Waals surface area (Å²) < 4.78 is 4.75. The average molecular weight is 362 g/mol. The molecule has 26 heavy (non-hydrogen) atoms. The fraction of sp³-hybridized carbons (Fsp3) is 0.556. The van der Waals surface area contributed by atoms with Crippen molar-refractivity contribution >= 4 is 23.7 Å². The van der Waals surface area contributed by atoms with E-state index in [1.165, 1.54) is 0 Å². The van der Waals surface area contributed by atoms with Gasteiger partial charge in [0.1, 0.15) is 5.82 Å². The van der Waals surface area contributed by atoms with Crippen molar-refractivity contribution in [1.29, 1.82) is 0 Å². The van der Waals surface area contributed by atoms with Gasteiger partial charge in [0, 0.05) is 32.3 Å². The van der Waals surface area contributed by atoms with Crippen LogP contribution >= 0.6 is 0 Å². The summed E-state index contributed by atoms with van der Waals surface area (Å²) in [6.45, 7) is 5.17. The molecule has 1 aliphatic heterocycles. The van der Waals surface area contributed by atoms with Gasteiger partial charge in [-0.1, -0.05) is 6.07 Å². The van der Waals surface area contributed by atoms with Crippen molar-refractivity contribution in [2.45, 2.75) is 33.1 Å². The van der Waals surface area contributed by atoms with Crippen molar-refractivity contribution in [1.82, 2.24) is 15.2 Å². The van der Waals surface area contributed by atoms with Crippen molar-refractivity contribution in [2.24, 2.45) is 5.92 Å². The molecule has 1 atom stereocenters. The standard InChI is InChI=1S/C18H26N4O4/c1-3-26-18(25)19-9-8-16(23)22-10-4-5-14(12-22)17(24)21-15-7-6-13(2)11-20-15/h6-7,11,14H,3-5,8-10,12H2,1-2H3,(H,19,25)(H,20,21,24)/t14-/m1/s1. The topological polar surface area (TPSA) is 101 Å². The summed E-state index contributed by atoms with van der Waals surface area (Å²) in [6, 6.07) is 3.65. The highest BCUT2D eigenvalue weighted by Crippen LogP contribution is 2.19. The summed E-state index contributed by atoms with van der Waals surface area (Å²) in [4.78, 5) is 41.8. The predicted octanol–water partition coefficient (Wildman–Crippen LogP) is 1.70. The molecule has 1 saturated heterocycles. The zero-order valence-electron chi connectivity index (χ0n) is 15.3. The number of aromatic nitrogens is 1. The van der Waals surface area contributed by atoms with Crippen molar-refractivity contribution in [2.75, 3.05) is 31.6 Å². The van der Waals surface area contributed by atoms with E-state index < -0.39 is 6.09 Å². The summed E-state index contributed by atoms with van der Waals surface area (Å²) in [5, 5.41) is 5.34. The Balaban J connectivity index is 1.79. The number of alkyl carbamates (subject to hydrolysis) is 1. The summed E-state index contributed by atoms with van der Waals surface area (Å²) in [5.74, 6) is 0.0627. The Kier molecular flexibility index (Phi) is 7.37. The third-order valence-corrected chi connectivity index (χ3v) is 4.19. The van der Waals surface area contributed by atoms with Gasteiger partial charge in [-0.05, 0) is 38.3 Å². The second-order valence-corrected chi connectivity index (χ2v) is 6.29. The van der Waals surface area contributed by atoms with Crippen LogP contribution < -0.4 is 10.6 Å². The van der Waals surface area contributed by atoms with Gasteiger partial charge in [0.15, 0.2) is 0 Å². The number of carbonyl (C=O) groups excluding carboxylic acids is 3. The molecular weight excluding hydrogens is 336 g/mol. The third kappa shape index (κ3) is 6.02. The first-order chi connectivity index (χ1) is 12.5. The first-order valence-electron chi connectivity index (χ1n) is 8.91. The molecule has 0 bridgehead atoms. The molecule has 1 aliphatic rings. The fourth-order valence-corrected chi connectivity index (χ4v) is 2.80. The number of aryl methyl sites for hydroxylation is 1. The quantitative estimate of drug-likeness (QED) is 0.802. The first-order valence-corrected chi connectivity index (χ1v) is 8.91. The van der Waals surface area contributed by atoms with Crippen LogP contribution in [0, 0.1) is 12.8 Å². The molecule has 142 valence electrons. The van der Waals surface area contributed by atoms with Gasteiger partial charge in [0.05, 0.1) is 12.5 Å². The maximum atomic E-state index is 12.4. The van der Waals surface area contributed by atoms with Crippen LogP contribution in [0.1, 0.15) is 31.7 Å². The highest BCUT2D eigenvalue weighted by molar-refractivity contribution is 5.92. The highest BCUT2D eigenvalue weighted by atomic mass is 16.5. The number of hydrogen-bond donors (Lipinski definition) is 2. The average Bonchev–Trinajstić information content (AvgIpc) is 2.64. The number of piperidine rings is 1. The molecule has 0 spiro atoms. The van der Waals surface area contributed by atoms with E-state index in [0.29, 0.717) is 25.5 Å². The first kappa shape index (κ1) is 19.7. The molecule has 0 aromatic carbocycles. The van der Waals surface area contributed by atoms with Gasteiger partial charge >= 0.3 is 6.09 Å². The van der Waals surface area contributed by atoms with Crippen LogP contribution in [-0.2, 0) is 14.3 Å². The van der Waals surface area contributed by atoms with Crippen molar-refractivity contribution in [3.63, 3.8) is 0 Å². The van der Waals surface area contributed by atoms with Gasteiger partial charge in [-0.25, -0.2) is 9.78 Å². The molecule has 0 aliphatic carbocycles. The van der Waals surface area contributed by atoms with Gasteiger partial charge in [0.2, 0.25) is 11.8 Å². The maximum Gasteiger partial charge on any atom is 0.407 e.